The molecule has 284 valence electrons. The molecule has 0 radical (unpaired) electrons. The third kappa shape index (κ3) is 17.5. The minimum atomic E-state index is -5.65. The van der Waals surface area contributed by atoms with Gasteiger partial charge in [-0.3, -0.25) is 19.2 Å². The first kappa shape index (κ1) is 48.0. The van der Waals surface area contributed by atoms with E-state index in [4.69, 9.17) is 10.2 Å². The van der Waals surface area contributed by atoms with Crippen molar-refractivity contribution in [3.63, 3.8) is 0 Å². The Morgan fingerprint density at radius 3 is 1.38 bits per heavy atom. The third-order valence-electron chi connectivity index (χ3n) is 5.25. The fourth-order valence-corrected chi connectivity index (χ4v) is 2.59. The van der Waals surface area contributed by atoms with Crippen LogP contribution in [0.5, 0.6) is 5.75 Å². The van der Waals surface area contributed by atoms with Crippen molar-refractivity contribution in [2.45, 2.75) is 54.1 Å². The molecule has 0 fully saturated rings. The molecule has 1 aromatic carbocycles. The van der Waals surface area contributed by atoms with Gasteiger partial charge in [0.1, 0.15) is 0 Å². The van der Waals surface area contributed by atoms with Crippen molar-refractivity contribution >= 4 is 53.0 Å². The summed E-state index contributed by atoms with van der Waals surface area (Å²) in [6.07, 6.45) is -1.03. The van der Waals surface area contributed by atoms with E-state index in [1.54, 1.807) is 6.92 Å². The van der Waals surface area contributed by atoms with Crippen LogP contribution in [0.25, 0.3) is 0 Å². The SMILES string of the molecule is CC(=O)/C(C)=C\C(=O)O.CC(=O)/C=C(/C)C(=O)O.CC1=CC(=O)CC1=O.CC1=CC(=O)OC1=O.O=C(Oc1c(F)c(F)c(F)c(F)c1F)C(F)(F)F. The molecule has 1 aromatic rings. The molecule has 1 aliphatic carbocycles. The van der Waals surface area contributed by atoms with Gasteiger partial charge in [0.2, 0.25) is 34.8 Å². The number of Topliss-reactive ketones (excluding diaryl/α,β-unsaturated/α-hetero) is 2. The number of ether oxygens (including phenoxy) is 2. The lowest BCUT2D eigenvalue weighted by molar-refractivity contribution is -0.190. The monoisotopic (exact) mass is 758 g/mol. The number of rotatable bonds is 5. The summed E-state index contributed by atoms with van der Waals surface area (Å²) in [4.78, 5) is 92.0. The zero-order valence-corrected chi connectivity index (χ0v) is 27.4. The highest BCUT2D eigenvalue weighted by Gasteiger charge is 2.43. The number of carbonyl (C=O) groups is 9. The maximum absolute atomic E-state index is 12.8. The Morgan fingerprint density at radius 2 is 1.19 bits per heavy atom. The number of carboxylic acids is 2. The Hall–Kier alpha value is -6.15. The zero-order chi connectivity index (χ0) is 41.4. The van der Waals surface area contributed by atoms with Gasteiger partial charge in [-0.05, 0) is 64.8 Å². The third-order valence-corrected chi connectivity index (χ3v) is 5.25. The van der Waals surface area contributed by atoms with Crippen molar-refractivity contribution in [3.05, 3.63) is 75.7 Å². The summed E-state index contributed by atoms with van der Waals surface area (Å²) in [7, 11) is 0. The van der Waals surface area contributed by atoms with E-state index in [9.17, 15) is 78.3 Å². The van der Waals surface area contributed by atoms with Crippen LogP contribution in [0.3, 0.4) is 0 Å². The van der Waals surface area contributed by atoms with E-state index in [1.165, 1.54) is 46.8 Å². The standard InChI is InChI=1S/C8F8O2.2C6H8O3.C6H6O2.C5H4O3/c9-1-2(10)4(12)6(5(13)3(1)11)18-7(17)8(14,15)16;1-4(5(2)7)3-6(8)9;1-4(6(8)9)3-5(2)7;1-4-2-5(7)3-6(4)8;1-3-2-4(6)8-5(3)7/h;2*3H,1-2H3,(H,8,9);2H,3H2,1H3;2H,1H3/b;2*4-3-;;. The lowest BCUT2D eigenvalue weighted by Gasteiger charge is -2.09. The average molecular weight is 759 g/mol. The van der Waals surface area contributed by atoms with Crippen LogP contribution in [-0.2, 0) is 47.9 Å². The predicted octanol–water partition coefficient (Wildman–Crippen LogP) is 4.55. The fourth-order valence-electron chi connectivity index (χ4n) is 2.59. The second-order valence-corrected chi connectivity index (χ2v) is 9.68. The highest BCUT2D eigenvalue weighted by molar-refractivity contribution is 6.19. The summed E-state index contributed by atoms with van der Waals surface area (Å²) in [5.41, 5.74) is 1.30. The molecule has 0 amide bonds. The molecule has 2 N–H and O–H groups in total. The second kappa shape index (κ2) is 21.2. The molecule has 1 heterocycles. The molecule has 0 aromatic heterocycles. The number of alkyl halides is 3. The normalized spacial score (nSPS) is 13.7. The van der Waals surface area contributed by atoms with E-state index >= 15 is 0 Å². The predicted molar refractivity (Wildman–Crippen MR) is 155 cm³/mol. The van der Waals surface area contributed by atoms with Gasteiger partial charge in [-0.15, -0.1) is 0 Å². The Kier molecular flexibility index (Phi) is 19.5. The molecule has 0 atom stereocenters. The average Bonchev–Trinajstić information content (AvgIpc) is 3.47. The highest BCUT2D eigenvalue weighted by atomic mass is 19.4. The van der Waals surface area contributed by atoms with Crippen LogP contribution in [0.15, 0.2) is 46.6 Å². The van der Waals surface area contributed by atoms with E-state index < -0.39 is 70.9 Å². The molecule has 1 aliphatic heterocycles. The second-order valence-electron chi connectivity index (χ2n) is 9.68. The summed E-state index contributed by atoms with van der Waals surface area (Å²) >= 11 is 0. The maximum atomic E-state index is 12.8. The molecular weight excluding hydrogens is 732 g/mol. The Labute approximate surface area is 286 Å². The number of halogens is 8. The maximum Gasteiger partial charge on any atom is 0.491 e. The van der Waals surface area contributed by atoms with Gasteiger partial charge in [-0.2, -0.15) is 22.0 Å². The first-order chi connectivity index (χ1) is 23.5. The van der Waals surface area contributed by atoms with E-state index in [0.717, 1.165) is 12.2 Å². The number of hydrogen-bond acceptors (Lipinski definition) is 11. The fraction of sp³-hybridized carbons (Fsp3) is 0.258. The van der Waals surface area contributed by atoms with E-state index in [0.29, 0.717) is 11.1 Å². The number of esters is 3. The lowest BCUT2D eigenvalue weighted by Crippen LogP contribution is -2.29. The van der Waals surface area contributed by atoms with E-state index in [1.807, 2.05) is 0 Å². The van der Waals surface area contributed by atoms with Crippen LogP contribution in [-0.4, -0.2) is 69.4 Å². The molecule has 0 unspecified atom stereocenters. The number of aliphatic carboxylic acids is 2. The number of ketones is 4. The number of cyclic esters (lactones) is 2. The smallest absolute Gasteiger partial charge is 0.478 e. The van der Waals surface area contributed by atoms with Crippen molar-refractivity contribution in [3.8, 4) is 5.75 Å². The number of allylic oxidation sites excluding steroid dienone is 4. The van der Waals surface area contributed by atoms with E-state index in [-0.39, 0.29) is 40.7 Å². The molecule has 52 heavy (non-hydrogen) atoms. The lowest BCUT2D eigenvalue weighted by atomic mass is 10.2. The van der Waals surface area contributed by atoms with Crippen molar-refractivity contribution in [2.75, 3.05) is 0 Å². The van der Waals surface area contributed by atoms with Crippen LogP contribution < -0.4 is 4.74 Å². The van der Waals surface area contributed by atoms with Gasteiger partial charge in [0.05, 0.1) is 6.42 Å². The van der Waals surface area contributed by atoms with Gasteiger partial charge in [-0.25, -0.2) is 37.1 Å². The van der Waals surface area contributed by atoms with Crippen LogP contribution in [0.2, 0.25) is 0 Å². The Balaban J connectivity index is 0. The van der Waals surface area contributed by atoms with Gasteiger partial charge in [0.15, 0.2) is 23.1 Å². The number of hydrogen-bond donors (Lipinski definition) is 2. The summed E-state index contributed by atoms with van der Waals surface area (Å²) in [5, 5.41) is 16.3. The van der Waals surface area contributed by atoms with Crippen molar-refractivity contribution < 1.29 is 98.0 Å². The molecule has 0 spiro atoms. The molecule has 0 bridgehead atoms. The summed E-state index contributed by atoms with van der Waals surface area (Å²) < 4.78 is 105. The first-order valence-electron chi connectivity index (χ1n) is 13.4. The topological polar surface area (TPSA) is 213 Å². The molecular formula is C31H26F8O13. The molecule has 3 rings (SSSR count). The minimum Gasteiger partial charge on any atom is -0.478 e. The zero-order valence-electron chi connectivity index (χ0n) is 27.4. The van der Waals surface area contributed by atoms with E-state index in [2.05, 4.69) is 9.47 Å². The highest BCUT2D eigenvalue weighted by Crippen LogP contribution is 2.30. The molecule has 0 saturated carbocycles. The van der Waals surface area contributed by atoms with Crippen molar-refractivity contribution in [1.82, 2.24) is 0 Å². The van der Waals surface area contributed by atoms with Gasteiger partial charge < -0.3 is 19.7 Å². The molecule has 21 heteroatoms. The van der Waals surface area contributed by atoms with Crippen molar-refractivity contribution in [1.29, 1.82) is 0 Å². The van der Waals surface area contributed by atoms with Crippen LogP contribution in [0.4, 0.5) is 35.1 Å². The van der Waals surface area contributed by atoms with Crippen LogP contribution >= 0.6 is 0 Å². The van der Waals surface area contributed by atoms with Crippen LogP contribution in [0, 0.1) is 29.1 Å². The van der Waals surface area contributed by atoms with Crippen LogP contribution in [0.1, 0.15) is 48.0 Å². The van der Waals surface area contributed by atoms with Gasteiger partial charge in [0.25, 0.3) is 0 Å². The number of carbonyl (C=O) groups excluding carboxylic acids is 7. The summed E-state index contributed by atoms with van der Waals surface area (Å²) in [6, 6.07) is 0. The Bertz CT molecular complexity index is 1670. The van der Waals surface area contributed by atoms with Gasteiger partial charge in [-0.1, -0.05) is 0 Å². The summed E-state index contributed by atoms with van der Waals surface area (Å²) in [5.74, 6) is -22.2. The first-order valence-corrected chi connectivity index (χ1v) is 13.4. The largest absolute Gasteiger partial charge is 0.491 e. The minimum absolute atomic E-state index is 0.0324. The number of benzene rings is 1. The Morgan fingerprint density at radius 1 is 0.731 bits per heavy atom. The molecule has 13 nitrogen and oxygen atoms in total. The molecule has 2 aliphatic rings. The quantitative estimate of drug-likeness (QED) is 0.0803. The van der Waals surface area contributed by atoms with Gasteiger partial charge >= 0.3 is 36.0 Å². The van der Waals surface area contributed by atoms with Crippen molar-refractivity contribution in [2.24, 2.45) is 0 Å². The summed E-state index contributed by atoms with van der Waals surface area (Å²) in [6.45, 7) is 8.68. The number of carboxylic acid groups (broad SMARTS) is 2. The molecule has 0 saturated heterocycles. The van der Waals surface area contributed by atoms with Gasteiger partial charge in [0, 0.05) is 23.3 Å².